The van der Waals surface area contributed by atoms with Crippen molar-refractivity contribution < 1.29 is 13.2 Å². The van der Waals surface area contributed by atoms with Crippen molar-refractivity contribution in [3.63, 3.8) is 0 Å². The van der Waals surface area contributed by atoms with Crippen LogP contribution in [0.15, 0.2) is 24.5 Å². The minimum Gasteiger partial charge on any atom is -0.348 e. The fraction of sp³-hybridized carbons (Fsp3) is 0.182. The molecule has 1 heterocycles. The van der Waals surface area contributed by atoms with Crippen molar-refractivity contribution in [3.8, 4) is 0 Å². The van der Waals surface area contributed by atoms with Crippen molar-refractivity contribution >= 4 is 0 Å². The summed E-state index contributed by atoms with van der Waals surface area (Å²) in [7, 11) is 0. The zero-order chi connectivity index (χ0) is 12.3. The molecule has 0 amide bonds. The van der Waals surface area contributed by atoms with Gasteiger partial charge in [0.1, 0.15) is 5.82 Å². The lowest BCUT2D eigenvalue weighted by Crippen LogP contribution is -2.14. The number of H-pyrrole nitrogens is 1. The van der Waals surface area contributed by atoms with Crippen LogP contribution in [0.1, 0.15) is 11.4 Å². The Morgan fingerprint density at radius 2 is 1.82 bits per heavy atom. The first kappa shape index (κ1) is 11.7. The van der Waals surface area contributed by atoms with Crippen molar-refractivity contribution in [2.75, 3.05) is 0 Å². The lowest BCUT2D eigenvalue weighted by molar-refractivity contribution is 0.444. The average molecular weight is 241 g/mol. The van der Waals surface area contributed by atoms with Gasteiger partial charge in [-0.3, -0.25) is 0 Å². The van der Waals surface area contributed by atoms with Gasteiger partial charge < -0.3 is 10.3 Å². The molecular weight excluding hydrogens is 231 g/mol. The highest BCUT2D eigenvalue weighted by molar-refractivity contribution is 5.19. The van der Waals surface area contributed by atoms with Crippen LogP contribution in [0.25, 0.3) is 0 Å². The second kappa shape index (κ2) is 5.01. The minimum absolute atomic E-state index is 0.231. The first-order valence-electron chi connectivity index (χ1n) is 4.99. The molecule has 90 valence electrons. The van der Waals surface area contributed by atoms with Crippen LogP contribution in [0.4, 0.5) is 13.2 Å². The number of imidazole rings is 1. The van der Waals surface area contributed by atoms with Gasteiger partial charge in [-0.25, -0.2) is 18.2 Å². The van der Waals surface area contributed by atoms with Crippen molar-refractivity contribution in [2.45, 2.75) is 13.1 Å². The maximum Gasteiger partial charge on any atom is 0.194 e. The Bertz CT molecular complexity index is 474. The van der Waals surface area contributed by atoms with Gasteiger partial charge in [-0.1, -0.05) is 0 Å². The highest BCUT2D eigenvalue weighted by Gasteiger charge is 2.10. The van der Waals surface area contributed by atoms with E-state index in [0.29, 0.717) is 17.9 Å². The molecule has 0 aliphatic carbocycles. The summed E-state index contributed by atoms with van der Waals surface area (Å²) >= 11 is 0. The van der Waals surface area contributed by atoms with Crippen LogP contribution in [0.5, 0.6) is 0 Å². The molecule has 0 fully saturated rings. The molecule has 0 saturated carbocycles. The van der Waals surface area contributed by atoms with Crippen LogP contribution in [0.2, 0.25) is 0 Å². The Hall–Kier alpha value is -1.82. The summed E-state index contributed by atoms with van der Waals surface area (Å²) in [6.07, 6.45) is 3.28. The van der Waals surface area contributed by atoms with Gasteiger partial charge in [0.25, 0.3) is 0 Å². The monoisotopic (exact) mass is 241 g/mol. The molecule has 0 spiro atoms. The largest absolute Gasteiger partial charge is 0.348 e. The third-order valence-electron chi connectivity index (χ3n) is 2.22. The molecule has 0 radical (unpaired) electrons. The molecule has 2 aromatic rings. The summed E-state index contributed by atoms with van der Waals surface area (Å²) < 4.78 is 38.4. The van der Waals surface area contributed by atoms with Gasteiger partial charge in [0.05, 0.1) is 6.54 Å². The maximum absolute atomic E-state index is 12.9. The standard InChI is InChI=1S/C11H10F3N3/c12-8-3-7(4-9(13)11(8)14)5-15-6-10-16-1-2-17-10/h1-4,15H,5-6H2,(H,16,17). The molecule has 0 aliphatic rings. The van der Waals surface area contributed by atoms with E-state index in [1.54, 1.807) is 12.4 Å². The number of aromatic amines is 1. The number of halogens is 3. The first-order valence-corrected chi connectivity index (χ1v) is 4.99. The molecule has 1 aromatic carbocycles. The lowest BCUT2D eigenvalue weighted by atomic mass is 10.2. The van der Waals surface area contributed by atoms with E-state index in [4.69, 9.17) is 0 Å². The van der Waals surface area contributed by atoms with Crippen molar-refractivity contribution in [2.24, 2.45) is 0 Å². The molecule has 0 aliphatic heterocycles. The molecule has 1 aromatic heterocycles. The zero-order valence-corrected chi connectivity index (χ0v) is 8.80. The zero-order valence-electron chi connectivity index (χ0n) is 8.80. The van der Waals surface area contributed by atoms with Gasteiger partial charge >= 0.3 is 0 Å². The number of aromatic nitrogens is 2. The Balaban J connectivity index is 1.95. The molecule has 0 bridgehead atoms. The second-order valence-electron chi connectivity index (χ2n) is 3.51. The van der Waals surface area contributed by atoms with Gasteiger partial charge in [-0.05, 0) is 17.7 Å². The smallest absolute Gasteiger partial charge is 0.194 e. The van der Waals surface area contributed by atoms with E-state index in [-0.39, 0.29) is 6.54 Å². The van der Waals surface area contributed by atoms with Crippen LogP contribution in [-0.4, -0.2) is 9.97 Å². The number of nitrogens with zero attached hydrogens (tertiary/aromatic N) is 1. The first-order chi connectivity index (χ1) is 8.16. The number of hydrogen-bond acceptors (Lipinski definition) is 2. The Morgan fingerprint density at radius 3 is 2.41 bits per heavy atom. The van der Waals surface area contributed by atoms with E-state index in [2.05, 4.69) is 15.3 Å². The summed E-state index contributed by atoms with van der Waals surface area (Å²) in [5.41, 5.74) is 0.341. The number of benzene rings is 1. The van der Waals surface area contributed by atoms with E-state index in [1.807, 2.05) is 0 Å². The average Bonchev–Trinajstić information content (AvgIpc) is 2.79. The van der Waals surface area contributed by atoms with Crippen LogP contribution in [0.3, 0.4) is 0 Å². The fourth-order valence-electron chi connectivity index (χ4n) is 1.43. The van der Waals surface area contributed by atoms with Gasteiger partial charge in [0.15, 0.2) is 17.5 Å². The van der Waals surface area contributed by atoms with Gasteiger partial charge in [-0.2, -0.15) is 0 Å². The molecule has 2 N–H and O–H groups in total. The summed E-state index contributed by atoms with van der Waals surface area (Å²) in [6, 6.07) is 1.93. The third-order valence-corrected chi connectivity index (χ3v) is 2.22. The van der Waals surface area contributed by atoms with E-state index < -0.39 is 17.5 Å². The van der Waals surface area contributed by atoms with Crippen LogP contribution < -0.4 is 5.32 Å². The van der Waals surface area contributed by atoms with E-state index in [1.165, 1.54) is 0 Å². The Morgan fingerprint density at radius 1 is 1.12 bits per heavy atom. The SMILES string of the molecule is Fc1cc(CNCc2ncc[nH]2)cc(F)c1F. The van der Waals surface area contributed by atoms with Crippen LogP contribution >= 0.6 is 0 Å². The molecule has 0 saturated heterocycles. The van der Waals surface area contributed by atoms with Gasteiger partial charge in [0, 0.05) is 18.9 Å². The summed E-state index contributed by atoms with van der Waals surface area (Å²) in [5, 5.41) is 2.93. The molecular formula is C11H10F3N3. The lowest BCUT2D eigenvalue weighted by Gasteiger charge is -2.04. The van der Waals surface area contributed by atoms with Gasteiger partial charge in [-0.15, -0.1) is 0 Å². The van der Waals surface area contributed by atoms with Crippen LogP contribution in [-0.2, 0) is 13.1 Å². The summed E-state index contributed by atoms with van der Waals surface area (Å²) in [5.74, 6) is -3.09. The van der Waals surface area contributed by atoms with Crippen LogP contribution in [0, 0.1) is 17.5 Å². The van der Waals surface area contributed by atoms with Crippen molar-refractivity contribution in [3.05, 3.63) is 53.4 Å². The van der Waals surface area contributed by atoms with E-state index >= 15 is 0 Å². The Labute approximate surface area is 95.7 Å². The topological polar surface area (TPSA) is 40.7 Å². The highest BCUT2D eigenvalue weighted by Crippen LogP contribution is 2.13. The minimum atomic E-state index is -1.44. The normalized spacial score (nSPS) is 10.8. The molecule has 0 atom stereocenters. The molecule has 0 unspecified atom stereocenters. The molecule has 2 rings (SSSR count). The summed E-state index contributed by atoms with van der Waals surface area (Å²) in [6.45, 7) is 0.669. The number of rotatable bonds is 4. The highest BCUT2D eigenvalue weighted by atomic mass is 19.2. The fourth-order valence-corrected chi connectivity index (χ4v) is 1.43. The van der Waals surface area contributed by atoms with Gasteiger partial charge in [0.2, 0.25) is 0 Å². The predicted molar refractivity (Wildman–Crippen MR) is 55.4 cm³/mol. The maximum atomic E-state index is 12.9. The van der Waals surface area contributed by atoms with Crippen molar-refractivity contribution in [1.82, 2.24) is 15.3 Å². The van der Waals surface area contributed by atoms with E-state index in [9.17, 15) is 13.2 Å². The second-order valence-corrected chi connectivity index (χ2v) is 3.51. The predicted octanol–water partition coefficient (Wildman–Crippen LogP) is 2.12. The summed E-state index contributed by atoms with van der Waals surface area (Å²) in [4.78, 5) is 6.84. The third kappa shape index (κ3) is 2.85. The number of hydrogen-bond donors (Lipinski definition) is 2. The Kier molecular flexibility index (Phi) is 3.43. The number of nitrogens with one attached hydrogen (secondary N) is 2. The molecule has 17 heavy (non-hydrogen) atoms. The molecule has 3 nitrogen and oxygen atoms in total. The molecule has 6 heteroatoms. The quantitative estimate of drug-likeness (QED) is 0.805. The van der Waals surface area contributed by atoms with E-state index in [0.717, 1.165) is 12.1 Å². The van der Waals surface area contributed by atoms with Crippen molar-refractivity contribution in [1.29, 1.82) is 0 Å².